The fourth-order valence-electron chi connectivity index (χ4n) is 2.49. The molecule has 0 aliphatic heterocycles. The normalized spacial score (nSPS) is 11.5. The molecule has 0 saturated heterocycles. The zero-order valence-corrected chi connectivity index (χ0v) is 16.7. The Balaban J connectivity index is 1.70. The quantitative estimate of drug-likeness (QED) is 0.658. The molecule has 1 amide bonds. The van der Waals surface area contributed by atoms with E-state index < -0.39 is 0 Å². The van der Waals surface area contributed by atoms with E-state index in [0.717, 1.165) is 10.6 Å². The highest BCUT2D eigenvalue weighted by Crippen LogP contribution is 2.23. The predicted octanol–water partition coefficient (Wildman–Crippen LogP) is 3.36. The van der Waals surface area contributed by atoms with E-state index in [4.69, 9.17) is 0 Å². The van der Waals surface area contributed by atoms with E-state index in [1.807, 2.05) is 52.0 Å². The predicted molar refractivity (Wildman–Crippen MR) is 107 cm³/mol. The maximum atomic E-state index is 12.4. The summed E-state index contributed by atoms with van der Waals surface area (Å²) >= 11 is 1.58. The van der Waals surface area contributed by atoms with Gasteiger partial charge in [0, 0.05) is 34.4 Å². The van der Waals surface area contributed by atoms with Crippen LogP contribution in [0.2, 0.25) is 0 Å². The Morgan fingerprint density at radius 3 is 2.52 bits per heavy atom. The Morgan fingerprint density at radius 1 is 1.19 bits per heavy atom. The van der Waals surface area contributed by atoms with E-state index in [0.29, 0.717) is 17.2 Å². The van der Waals surface area contributed by atoms with Gasteiger partial charge in [-0.3, -0.25) is 14.3 Å². The summed E-state index contributed by atoms with van der Waals surface area (Å²) in [7, 11) is 0. The van der Waals surface area contributed by atoms with Gasteiger partial charge in [0.15, 0.2) is 0 Å². The van der Waals surface area contributed by atoms with Gasteiger partial charge < -0.3 is 5.32 Å². The van der Waals surface area contributed by atoms with E-state index in [1.54, 1.807) is 28.8 Å². The third-order valence-corrected chi connectivity index (χ3v) is 5.06. The number of thioether (sulfide) groups is 1. The monoisotopic (exact) mass is 385 g/mol. The van der Waals surface area contributed by atoms with E-state index in [-0.39, 0.29) is 23.4 Å². The lowest BCUT2D eigenvalue weighted by molar-refractivity contribution is -0.118. The molecule has 0 atom stereocenters. The van der Waals surface area contributed by atoms with Gasteiger partial charge in [-0.25, -0.2) is 4.98 Å². The molecule has 7 nitrogen and oxygen atoms in total. The van der Waals surface area contributed by atoms with E-state index in [1.165, 1.54) is 4.52 Å². The maximum Gasteiger partial charge on any atom is 0.274 e. The molecule has 1 aromatic carbocycles. The molecule has 142 valence electrons. The van der Waals surface area contributed by atoms with Crippen LogP contribution >= 0.6 is 11.8 Å². The Kier molecular flexibility index (Phi) is 5.65. The Labute approximate surface area is 161 Å². The minimum Gasteiger partial charge on any atom is -0.326 e. The fourth-order valence-corrected chi connectivity index (χ4v) is 3.28. The largest absolute Gasteiger partial charge is 0.326 e. The first-order valence-electron chi connectivity index (χ1n) is 8.84. The third-order valence-electron chi connectivity index (χ3n) is 4.02. The molecule has 2 aromatic heterocycles. The molecule has 0 radical (unpaired) electrons. The van der Waals surface area contributed by atoms with Crippen LogP contribution in [0, 0.1) is 5.92 Å². The number of nitrogens with zero attached hydrogens (tertiary/aromatic N) is 4. The smallest absolute Gasteiger partial charge is 0.274 e. The number of amides is 1. The number of aromatic nitrogens is 4. The van der Waals surface area contributed by atoms with Crippen molar-refractivity contribution in [2.75, 3.05) is 5.32 Å². The molecule has 0 aliphatic carbocycles. The van der Waals surface area contributed by atoms with Crippen LogP contribution in [-0.4, -0.2) is 25.1 Å². The van der Waals surface area contributed by atoms with Gasteiger partial charge in [0.2, 0.25) is 5.91 Å². The van der Waals surface area contributed by atoms with Crippen LogP contribution in [0.4, 0.5) is 5.69 Å². The highest BCUT2D eigenvalue weighted by Gasteiger charge is 2.11. The summed E-state index contributed by atoms with van der Waals surface area (Å²) < 4.78 is 3.26. The molecule has 0 unspecified atom stereocenters. The second kappa shape index (κ2) is 7.96. The topological polar surface area (TPSA) is 81.3 Å². The summed E-state index contributed by atoms with van der Waals surface area (Å²) in [6, 6.07) is 9.32. The maximum absolute atomic E-state index is 12.4. The summed E-state index contributed by atoms with van der Waals surface area (Å²) in [6.07, 6.45) is 1.63. The minimum absolute atomic E-state index is 0.00536. The van der Waals surface area contributed by atoms with Crippen molar-refractivity contribution >= 4 is 29.1 Å². The molecule has 0 bridgehead atoms. The number of carbonyl (C=O) groups excluding carboxylic acids is 1. The first kappa shape index (κ1) is 19.2. The van der Waals surface area contributed by atoms with Crippen molar-refractivity contribution in [3.63, 3.8) is 0 Å². The van der Waals surface area contributed by atoms with Crippen molar-refractivity contribution in [3.8, 4) is 0 Å². The molecule has 0 saturated carbocycles. The number of nitrogens with one attached hydrogen (secondary N) is 1. The van der Waals surface area contributed by atoms with Gasteiger partial charge in [-0.1, -0.05) is 13.8 Å². The average molecular weight is 385 g/mol. The lowest BCUT2D eigenvalue weighted by Gasteiger charge is -2.09. The van der Waals surface area contributed by atoms with Gasteiger partial charge in [0.05, 0.1) is 5.69 Å². The number of hydrogen-bond donors (Lipinski definition) is 1. The van der Waals surface area contributed by atoms with Gasteiger partial charge >= 0.3 is 0 Å². The number of rotatable bonds is 6. The second-order valence-electron chi connectivity index (χ2n) is 6.87. The van der Waals surface area contributed by atoms with Gasteiger partial charge in [-0.2, -0.15) is 9.50 Å². The second-order valence-corrected chi connectivity index (χ2v) is 7.92. The fraction of sp³-hybridized carbons (Fsp3) is 0.368. The van der Waals surface area contributed by atoms with Gasteiger partial charge in [-0.05, 0) is 38.1 Å². The Morgan fingerprint density at radius 2 is 1.89 bits per heavy atom. The molecule has 27 heavy (non-hydrogen) atoms. The zero-order valence-electron chi connectivity index (χ0n) is 15.8. The zero-order chi connectivity index (χ0) is 19.6. The number of carbonyl (C=O) groups is 1. The van der Waals surface area contributed by atoms with Crippen molar-refractivity contribution in [1.82, 2.24) is 19.2 Å². The number of benzene rings is 1. The van der Waals surface area contributed by atoms with Crippen molar-refractivity contribution < 1.29 is 4.79 Å². The number of fused-ring (bicyclic) bond motifs is 1. The van der Waals surface area contributed by atoms with Crippen LogP contribution in [0.3, 0.4) is 0 Å². The molecular weight excluding hydrogens is 362 g/mol. The van der Waals surface area contributed by atoms with Crippen LogP contribution in [0.5, 0.6) is 0 Å². The van der Waals surface area contributed by atoms with Crippen LogP contribution < -0.4 is 10.9 Å². The lowest BCUT2D eigenvalue weighted by Crippen LogP contribution is -2.22. The molecule has 3 rings (SSSR count). The summed E-state index contributed by atoms with van der Waals surface area (Å²) in [5.41, 5.74) is 1.33. The van der Waals surface area contributed by atoms with E-state index in [2.05, 4.69) is 15.3 Å². The lowest BCUT2D eigenvalue weighted by atomic mass is 10.2. The molecular formula is C19H23N5O2S. The van der Waals surface area contributed by atoms with E-state index >= 15 is 0 Å². The van der Waals surface area contributed by atoms with Crippen LogP contribution in [-0.2, 0) is 10.5 Å². The van der Waals surface area contributed by atoms with Gasteiger partial charge in [0.25, 0.3) is 11.3 Å². The number of hydrogen-bond acceptors (Lipinski definition) is 5. The minimum atomic E-state index is -0.131. The van der Waals surface area contributed by atoms with Crippen LogP contribution in [0.1, 0.15) is 39.4 Å². The standard InChI is InChI=1S/C19H23N5O2S/c1-12(2)18(26)21-14-5-7-16(8-6-14)27-10-15-9-17(25)24-19(22-15)20-11-23(24)13(3)4/h5-9,11-13H,10H2,1-4H3,(H,21,26). The summed E-state index contributed by atoms with van der Waals surface area (Å²) in [5.74, 6) is 0.920. The summed E-state index contributed by atoms with van der Waals surface area (Å²) in [6.45, 7) is 7.70. The summed E-state index contributed by atoms with van der Waals surface area (Å²) in [5, 5.41) is 2.87. The highest BCUT2D eigenvalue weighted by atomic mass is 32.2. The molecule has 8 heteroatoms. The first-order chi connectivity index (χ1) is 12.8. The SMILES string of the molecule is CC(C)C(=O)Nc1ccc(SCc2cc(=O)n3c(ncn3C(C)C)n2)cc1. The van der Waals surface area contributed by atoms with Crippen molar-refractivity contribution in [2.45, 2.75) is 44.4 Å². The Hall–Kier alpha value is -2.61. The average Bonchev–Trinajstić information content (AvgIpc) is 3.06. The van der Waals surface area contributed by atoms with Crippen molar-refractivity contribution in [1.29, 1.82) is 0 Å². The van der Waals surface area contributed by atoms with E-state index in [9.17, 15) is 9.59 Å². The first-order valence-corrected chi connectivity index (χ1v) is 9.83. The van der Waals surface area contributed by atoms with Crippen molar-refractivity contribution in [2.24, 2.45) is 5.92 Å². The highest BCUT2D eigenvalue weighted by molar-refractivity contribution is 7.98. The van der Waals surface area contributed by atoms with Gasteiger partial charge in [0.1, 0.15) is 6.33 Å². The third kappa shape index (κ3) is 4.39. The molecule has 0 fully saturated rings. The number of anilines is 1. The van der Waals surface area contributed by atoms with Crippen LogP contribution in [0.15, 0.2) is 46.3 Å². The van der Waals surface area contributed by atoms with Gasteiger partial charge in [-0.15, -0.1) is 11.8 Å². The van der Waals surface area contributed by atoms with Crippen LogP contribution in [0.25, 0.3) is 5.78 Å². The summed E-state index contributed by atoms with van der Waals surface area (Å²) in [4.78, 5) is 33.9. The molecule has 2 heterocycles. The van der Waals surface area contributed by atoms with Crippen molar-refractivity contribution in [3.05, 3.63) is 52.7 Å². The molecule has 0 spiro atoms. The Bertz CT molecular complexity index is 1010. The molecule has 1 N–H and O–H groups in total. The molecule has 0 aliphatic rings. The molecule has 3 aromatic rings.